The van der Waals surface area contributed by atoms with Crippen LogP contribution >= 0.6 is 0 Å². The summed E-state index contributed by atoms with van der Waals surface area (Å²) in [5, 5.41) is 3.23. The second kappa shape index (κ2) is 6.12. The summed E-state index contributed by atoms with van der Waals surface area (Å²) < 4.78 is 5.14. The van der Waals surface area contributed by atoms with E-state index in [1.165, 1.54) is 0 Å². The van der Waals surface area contributed by atoms with Crippen molar-refractivity contribution in [2.45, 2.75) is 19.4 Å². The summed E-state index contributed by atoms with van der Waals surface area (Å²) >= 11 is 0. The topological polar surface area (TPSA) is 64.3 Å². The largest absolute Gasteiger partial charge is 0.497 e. The molecule has 16 heavy (non-hydrogen) atoms. The first kappa shape index (κ1) is 12.5. The summed E-state index contributed by atoms with van der Waals surface area (Å²) in [6.45, 7) is 2.78. The molecule has 4 heteroatoms. The van der Waals surface area contributed by atoms with Crippen LogP contribution in [0.2, 0.25) is 0 Å². The lowest BCUT2D eigenvalue weighted by molar-refractivity contribution is -0.118. The second-order valence-corrected chi connectivity index (χ2v) is 3.56. The molecule has 0 saturated heterocycles. The number of hydrogen-bond acceptors (Lipinski definition) is 3. The monoisotopic (exact) mass is 222 g/mol. The van der Waals surface area contributed by atoms with Gasteiger partial charge in [-0.2, -0.15) is 0 Å². The average molecular weight is 222 g/mol. The van der Waals surface area contributed by atoms with E-state index in [4.69, 9.17) is 10.5 Å². The first-order chi connectivity index (χ1) is 7.67. The highest BCUT2D eigenvalue weighted by atomic mass is 16.5. The molecule has 88 valence electrons. The van der Waals surface area contributed by atoms with Gasteiger partial charge in [-0.1, -0.05) is 19.1 Å². The minimum absolute atomic E-state index is 0.0439. The Kier molecular flexibility index (Phi) is 4.79. The number of amides is 1. The van der Waals surface area contributed by atoms with Gasteiger partial charge in [0.05, 0.1) is 7.11 Å². The van der Waals surface area contributed by atoms with Gasteiger partial charge in [0.15, 0.2) is 0 Å². The van der Waals surface area contributed by atoms with Crippen LogP contribution in [-0.2, 0) is 4.79 Å². The molecule has 0 spiro atoms. The maximum absolute atomic E-state index is 11.0. The molecule has 1 atom stereocenters. The highest BCUT2D eigenvalue weighted by molar-refractivity contribution is 5.74. The summed E-state index contributed by atoms with van der Waals surface area (Å²) in [4.78, 5) is 11.0. The van der Waals surface area contributed by atoms with Crippen molar-refractivity contribution in [3.05, 3.63) is 29.8 Å². The van der Waals surface area contributed by atoms with Gasteiger partial charge in [-0.05, 0) is 24.2 Å². The fourth-order valence-electron chi connectivity index (χ4n) is 1.61. The zero-order valence-corrected chi connectivity index (χ0v) is 9.69. The van der Waals surface area contributed by atoms with E-state index in [2.05, 4.69) is 5.32 Å². The van der Waals surface area contributed by atoms with Crippen molar-refractivity contribution < 1.29 is 9.53 Å². The summed E-state index contributed by atoms with van der Waals surface area (Å²) in [6.07, 6.45) is 0.293. The van der Waals surface area contributed by atoms with E-state index in [1.807, 2.05) is 31.2 Å². The fraction of sp³-hybridized carbons (Fsp3) is 0.417. The number of primary amides is 1. The lowest BCUT2D eigenvalue weighted by Crippen LogP contribution is -2.26. The molecule has 4 nitrogen and oxygen atoms in total. The van der Waals surface area contributed by atoms with E-state index in [9.17, 15) is 4.79 Å². The Labute approximate surface area is 95.8 Å². The Hall–Kier alpha value is -1.55. The molecule has 0 aliphatic heterocycles. The van der Waals surface area contributed by atoms with Gasteiger partial charge in [0.2, 0.25) is 5.91 Å². The molecular weight excluding hydrogens is 204 g/mol. The standard InChI is InChI=1S/C12H18N2O2/c1-3-14-11(8-12(13)15)9-5-4-6-10(7-9)16-2/h4-7,11,14H,3,8H2,1-2H3,(H2,13,15). The van der Waals surface area contributed by atoms with E-state index < -0.39 is 0 Å². The molecular formula is C12H18N2O2. The van der Waals surface area contributed by atoms with E-state index in [0.29, 0.717) is 6.42 Å². The summed E-state index contributed by atoms with van der Waals surface area (Å²) in [5.74, 6) is 0.471. The van der Waals surface area contributed by atoms with E-state index in [-0.39, 0.29) is 11.9 Å². The van der Waals surface area contributed by atoms with Crippen LogP contribution in [0.25, 0.3) is 0 Å². The number of nitrogens with one attached hydrogen (secondary N) is 1. The molecule has 0 bridgehead atoms. The van der Waals surface area contributed by atoms with Gasteiger partial charge in [0.1, 0.15) is 5.75 Å². The third-order valence-electron chi connectivity index (χ3n) is 2.35. The zero-order chi connectivity index (χ0) is 12.0. The average Bonchev–Trinajstić information content (AvgIpc) is 2.28. The number of ether oxygens (including phenoxy) is 1. The van der Waals surface area contributed by atoms with Crippen molar-refractivity contribution in [3.63, 3.8) is 0 Å². The number of methoxy groups -OCH3 is 1. The Balaban J connectivity index is 2.86. The van der Waals surface area contributed by atoms with E-state index >= 15 is 0 Å². The maximum Gasteiger partial charge on any atom is 0.219 e. The van der Waals surface area contributed by atoms with Crippen molar-refractivity contribution in [2.75, 3.05) is 13.7 Å². The van der Waals surface area contributed by atoms with Crippen LogP contribution in [0.5, 0.6) is 5.75 Å². The van der Waals surface area contributed by atoms with Crippen LogP contribution in [-0.4, -0.2) is 19.6 Å². The van der Waals surface area contributed by atoms with E-state index in [1.54, 1.807) is 7.11 Å². The molecule has 1 unspecified atom stereocenters. The normalized spacial score (nSPS) is 12.1. The third kappa shape index (κ3) is 3.55. The molecule has 1 amide bonds. The van der Waals surface area contributed by atoms with Gasteiger partial charge in [0.25, 0.3) is 0 Å². The van der Waals surface area contributed by atoms with Gasteiger partial charge in [-0.3, -0.25) is 4.79 Å². The Morgan fingerprint density at radius 1 is 1.56 bits per heavy atom. The number of benzene rings is 1. The first-order valence-corrected chi connectivity index (χ1v) is 5.33. The zero-order valence-electron chi connectivity index (χ0n) is 9.69. The Morgan fingerprint density at radius 2 is 2.31 bits per heavy atom. The van der Waals surface area contributed by atoms with Gasteiger partial charge < -0.3 is 15.8 Å². The maximum atomic E-state index is 11.0. The quantitative estimate of drug-likeness (QED) is 0.760. The highest BCUT2D eigenvalue weighted by Crippen LogP contribution is 2.21. The van der Waals surface area contributed by atoms with Crippen LogP contribution in [0.4, 0.5) is 0 Å². The molecule has 0 aliphatic carbocycles. The summed E-state index contributed by atoms with van der Waals surface area (Å²) in [7, 11) is 1.62. The lowest BCUT2D eigenvalue weighted by Gasteiger charge is -2.17. The fourth-order valence-corrected chi connectivity index (χ4v) is 1.61. The minimum Gasteiger partial charge on any atom is -0.497 e. The second-order valence-electron chi connectivity index (χ2n) is 3.56. The number of hydrogen-bond donors (Lipinski definition) is 2. The molecule has 0 aliphatic rings. The first-order valence-electron chi connectivity index (χ1n) is 5.33. The predicted octanol–water partition coefficient (Wildman–Crippen LogP) is 1.22. The lowest BCUT2D eigenvalue weighted by atomic mass is 10.0. The summed E-state index contributed by atoms with van der Waals surface area (Å²) in [6, 6.07) is 7.60. The van der Waals surface area contributed by atoms with Crippen LogP contribution < -0.4 is 15.8 Å². The van der Waals surface area contributed by atoms with Crippen LogP contribution in [0.1, 0.15) is 24.9 Å². The van der Waals surface area contributed by atoms with Crippen molar-refractivity contribution in [1.82, 2.24) is 5.32 Å². The number of carbonyl (C=O) groups is 1. The SMILES string of the molecule is CCNC(CC(N)=O)c1cccc(OC)c1. The molecule has 0 radical (unpaired) electrons. The third-order valence-corrected chi connectivity index (χ3v) is 2.35. The Bertz CT molecular complexity index is 353. The van der Waals surface area contributed by atoms with Crippen LogP contribution in [0.15, 0.2) is 24.3 Å². The molecule has 0 fully saturated rings. The van der Waals surface area contributed by atoms with Crippen molar-refractivity contribution in [1.29, 1.82) is 0 Å². The molecule has 1 aromatic rings. The molecule has 0 saturated carbocycles. The van der Waals surface area contributed by atoms with Gasteiger partial charge in [-0.15, -0.1) is 0 Å². The highest BCUT2D eigenvalue weighted by Gasteiger charge is 2.13. The van der Waals surface area contributed by atoms with Crippen LogP contribution in [0.3, 0.4) is 0 Å². The predicted molar refractivity (Wildman–Crippen MR) is 63.2 cm³/mol. The minimum atomic E-state index is -0.311. The van der Waals surface area contributed by atoms with E-state index in [0.717, 1.165) is 17.9 Å². The number of nitrogens with two attached hydrogens (primary N) is 1. The smallest absolute Gasteiger partial charge is 0.219 e. The number of rotatable bonds is 6. The molecule has 0 aromatic heterocycles. The molecule has 0 heterocycles. The van der Waals surface area contributed by atoms with Gasteiger partial charge in [0, 0.05) is 12.5 Å². The van der Waals surface area contributed by atoms with Gasteiger partial charge >= 0.3 is 0 Å². The molecule has 1 rings (SSSR count). The summed E-state index contributed by atoms with van der Waals surface area (Å²) in [5.41, 5.74) is 6.24. The van der Waals surface area contributed by atoms with Crippen molar-refractivity contribution >= 4 is 5.91 Å². The van der Waals surface area contributed by atoms with Gasteiger partial charge in [-0.25, -0.2) is 0 Å². The number of carbonyl (C=O) groups excluding carboxylic acids is 1. The Morgan fingerprint density at radius 3 is 2.88 bits per heavy atom. The molecule has 3 N–H and O–H groups in total. The van der Waals surface area contributed by atoms with Crippen molar-refractivity contribution in [2.24, 2.45) is 5.73 Å². The van der Waals surface area contributed by atoms with Crippen molar-refractivity contribution in [3.8, 4) is 5.75 Å². The van der Waals surface area contributed by atoms with Crippen LogP contribution in [0, 0.1) is 0 Å². The molecule has 1 aromatic carbocycles.